The van der Waals surface area contributed by atoms with E-state index in [0.717, 1.165) is 47.4 Å². The molecule has 2 amide bonds. The third-order valence-electron chi connectivity index (χ3n) is 5.76. The molecule has 172 valence electrons. The van der Waals surface area contributed by atoms with Crippen molar-refractivity contribution in [3.05, 3.63) is 59.2 Å². The van der Waals surface area contributed by atoms with Crippen LogP contribution < -0.4 is 14.9 Å². The highest BCUT2D eigenvalue weighted by Crippen LogP contribution is 2.27. The molecule has 1 aliphatic rings. The molecule has 1 fully saturated rings. The zero-order valence-electron chi connectivity index (χ0n) is 18.8. The summed E-state index contributed by atoms with van der Waals surface area (Å²) in [5.74, 6) is -0.751. The number of para-hydroxylation sites is 2. The van der Waals surface area contributed by atoms with Crippen molar-refractivity contribution < 1.29 is 18.0 Å². The Morgan fingerprint density at radius 2 is 1.59 bits per heavy atom. The van der Waals surface area contributed by atoms with Crippen molar-refractivity contribution in [2.24, 2.45) is 0 Å². The Labute approximate surface area is 190 Å². The normalized spacial score (nSPS) is 14.6. The van der Waals surface area contributed by atoms with Gasteiger partial charge in [0.2, 0.25) is 15.9 Å². The van der Waals surface area contributed by atoms with Gasteiger partial charge < -0.3 is 10.6 Å². The molecule has 3 rings (SSSR count). The minimum absolute atomic E-state index is 0.143. The molecule has 1 aliphatic carbocycles. The van der Waals surface area contributed by atoms with E-state index in [0.29, 0.717) is 16.9 Å². The number of aryl methyl sites for hydroxylation is 2. The number of sulfonamides is 1. The molecule has 1 saturated carbocycles. The van der Waals surface area contributed by atoms with Gasteiger partial charge in [-0.1, -0.05) is 49.6 Å². The van der Waals surface area contributed by atoms with Gasteiger partial charge in [0.05, 0.1) is 23.2 Å². The van der Waals surface area contributed by atoms with Crippen LogP contribution in [0.1, 0.15) is 53.6 Å². The summed E-state index contributed by atoms with van der Waals surface area (Å²) in [6, 6.07) is 12.4. The standard InChI is InChI=1S/C24H31N3O4S/c1-17-10-9-11-18(2)23(17)27(32(3,30)31)16-22(28)26-21-15-8-7-14-20(21)24(29)25-19-12-5-4-6-13-19/h7-11,14-15,19H,4-6,12-13,16H2,1-3H3,(H,25,29)(H,26,28). The average molecular weight is 458 g/mol. The van der Waals surface area contributed by atoms with Crippen LogP contribution in [-0.4, -0.2) is 39.1 Å². The van der Waals surface area contributed by atoms with Crippen molar-refractivity contribution >= 4 is 33.2 Å². The number of hydrogen-bond acceptors (Lipinski definition) is 4. The molecule has 0 aliphatic heterocycles. The van der Waals surface area contributed by atoms with Gasteiger partial charge in [0.25, 0.3) is 5.91 Å². The van der Waals surface area contributed by atoms with Crippen molar-refractivity contribution in [3.8, 4) is 0 Å². The Hall–Kier alpha value is -2.87. The van der Waals surface area contributed by atoms with E-state index in [-0.39, 0.29) is 18.5 Å². The van der Waals surface area contributed by atoms with Crippen LogP contribution in [0.2, 0.25) is 0 Å². The van der Waals surface area contributed by atoms with E-state index >= 15 is 0 Å². The van der Waals surface area contributed by atoms with Crippen LogP contribution in [-0.2, 0) is 14.8 Å². The first-order valence-corrected chi connectivity index (χ1v) is 12.8. The fourth-order valence-corrected chi connectivity index (χ4v) is 5.15. The highest BCUT2D eigenvalue weighted by molar-refractivity contribution is 7.92. The number of hydrogen-bond donors (Lipinski definition) is 2. The Balaban J connectivity index is 1.78. The Morgan fingerprint density at radius 1 is 0.969 bits per heavy atom. The lowest BCUT2D eigenvalue weighted by molar-refractivity contribution is -0.114. The van der Waals surface area contributed by atoms with Crippen LogP contribution in [0, 0.1) is 13.8 Å². The third-order valence-corrected chi connectivity index (χ3v) is 6.87. The van der Waals surface area contributed by atoms with Crippen molar-refractivity contribution in [2.45, 2.75) is 52.0 Å². The quantitative estimate of drug-likeness (QED) is 0.662. The van der Waals surface area contributed by atoms with Crippen LogP contribution in [0.5, 0.6) is 0 Å². The first-order chi connectivity index (χ1) is 15.2. The highest BCUT2D eigenvalue weighted by atomic mass is 32.2. The summed E-state index contributed by atoms with van der Waals surface area (Å²) in [5, 5.41) is 5.79. The van der Waals surface area contributed by atoms with E-state index < -0.39 is 15.9 Å². The number of carbonyl (C=O) groups excluding carboxylic acids is 2. The molecule has 0 saturated heterocycles. The number of nitrogens with zero attached hydrogens (tertiary/aromatic N) is 1. The van der Waals surface area contributed by atoms with Crippen molar-refractivity contribution in [2.75, 3.05) is 22.4 Å². The lowest BCUT2D eigenvalue weighted by atomic mass is 9.95. The highest BCUT2D eigenvalue weighted by Gasteiger charge is 2.25. The second-order valence-corrected chi connectivity index (χ2v) is 10.3. The van der Waals surface area contributed by atoms with E-state index in [1.54, 1.807) is 24.3 Å². The van der Waals surface area contributed by atoms with E-state index in [1.807, 2.05) is 32.0 Å². The predicted octanol–water partition coefficient (Wildman–Crippen LogP) is 3.77. The average Bonchev–Trinajstić information content (AvgIpc) is 2.73. The molecule has 2 N–H and O–H groups in total. The Bertz CT molecular complexity index is 1070. The number of anilines is 2. The summed E-state index contributed by atoms with van der Waals surface area (Å²) in [6.45, 7) is 3.23. The molecule has 0 spiro atoms. The fraction of sp³-hybridized carbons (Fsp3) is 0.417. The molecule has 0 unspecified atom stereocenters. The Kier molecular flexibility index (Phi) is 7.56. The molecule has 0 heterocycles. The largest absolute Gasteiger partial charge is 0.349 e. The summed E-state index contributed by atoms with van der Waals surface area (Å²) < 4.78 is 26.1. The molecule has 0 bridgehead atoms. The first-order valence-electron chi connectivity index (χ1n) is 10.9. The molecule has 2 aromatic carbocycles. The summed E-state index contributed by atoms with van der Waals surface area (Å²) in [4.78, 5) is 25.7. The number of nitrogens with one attached hydrogen (secondary N) is 2. The van der Waals surface area contributed by atoms with Gasteiger partial charge in [0, 0.05) is 6.04 Å². The van der Waals surface area contributed by atoms with Gasteiger partial charge >= 0.3 is 0 Å². The maximum absolute atomic E-state index is 12.9. The third kappa shape index (κ3) is 5.88. The first kappa shape index (κ1) is 23.8. The molecule has 8 heteroatoms. The van der Waals surface area contributed by atoms with Crippen molar-refractivity contribution in [1.29, 1.82) is 0 Å². The SMILES string of the molecule is Cc1cccc(C)c1N(CC(=O)Nc1ccccc1C(=O)NC1CCCCC1)S(C)(=O)=O. The van der Waals surface area contributed by atoms with Crippen LogP contribution in [0.25, 0.3) is 0 Å². The second-order valence-electron chi connectivity index (χ2n) is 8.41. The number of amides is 2. The zero-order valence-corrected chi connectivity index (χ0v) is 19.7. The van der Waals surface area contributed by atoms with Gasteiger partial charge in [-0.05, 0) is 49.9 Å². The summed E-state index contributed by atoms with van der Waals surface area (Å²) in [6.07, 6.45) is 6.39. The molecular weight excluding hydrogens is 426 g/mol. The lowest BCUT2D eigenvalue weighted by Crippen LogP contribution is -2.39. The summed E-state index contributed by atoms with van der Waals surface area (Å²) in [5.41, 5.74) is 2.74. The lowest BCUT2D eigenvalue weighted by Gasteiger charge is -2.26. The number of benzene rings is 2. The van der Waals surface area contributed by atoms with Gasteiger partial charge in [-0.3, -0.25) is 13.9 Å². The van der Waals surface area contributed by atoms with E-state index in [2.05, 4.69) is 10.6 Å². The van der Waals surface area contributed by atoms with Crippen molar-refractivity contribution in [1.82, 2.24) is 5.32 Å². The summed E-state index contributed by atoms with van der Waals surface area (Å²) >= 11 is 0. The minimum atomic E-state index is -3.70. The van der Waals surface area contributed by atoms with E-state index in [1.165, 1.54) is 6.42 Å². The molecule has 2 aromatic rings. The maximum atomic E-state index is 12.9. The molecule has 0 atom stereocenters. The molecule has 7 nitrogen and oxygen atoms in total. The number of carbonyl (C=O) groups is 2. The van der Waals surface area contributed by atoms with Gasteiger partial charge in [-0.25, -0.2) is 8.42 Å². The van der Waals surface area contributed by atoms with E-state index in [9.17, 15) is 18.0 Å². The monoisotopic (exact) mass is 457 g/mol. The van der Waals surface area contributed by atoms with Crippen LogP contribution >= 0.6 is 0 Å². The van der Waals surface area contributed by atoms with Crippen LogP contribution in [0.15, 0.2) is 42.5 Å². The second kappa shape index (κ2) is 10.2. The van der Waals surface area contributed by atoms with Crippen LogP contribution in [0.4, 0.5) is 11.4 Å². The minimum Gasteiger partial charge on any atom is -0.349 e. The predicted molar refractivity (Wildman–Crippen MR) is 128 cm³/mol. The topological polar surface area (TPSA) is 95.6 Å². The fourth-order valence-electron chi connectivity index (χ4n) is 4.18. The van der Waals surface area contributed by atoms with E-state index in [4.69, 9.17) is 0 Å². The zero-order chi connectivity index (χ0) is 23.3. The van der Waals surface area contributed by atoms with Gasteiger partial charge in [0.1, 0.15) is 6.54 Å². The van der Waals surface area contributed by atoms with Crippen LogP contribution in [0.3, 0.4) is 0 Å². The summed E-state index contributed by atoms with van der Waals surface area (Å²) in [7, 11) is -3.70. The Morgan fingerprint density at radius 3 is 2.22 bits per heavy atom. The maximum Gasteiger partial charge on any atom is 0.253 e. The van der Waals surface area contributed by atoms with Gasteiger partial charge in [-0.15, -0.1) is 0 Å². The number of rotatable bonds is 7. The molecule has 0 aromatic heterocycles. The molecular formula is C24H31N3O4S. The molecule has 32 heavy (non-hydrogen) atoms. The smallest absolute Gasteiger partial charge is 0.253 e. The van der Waals surface area contributed by atoms with Gasteiger partial charge in [0.15, 0.2) is 0 Å². The van der Waals surface area contributed by atoms with Crippen molar-refractivity contribution in [3.63, 3.8) is 0 Å². The van der Waals surface area contributed by atoms with Gasteiger partial charge in [-0.2, -0.15) is 0 Å². The molecule has 0 radical (unpaired) electrons.